The number of nitrogens with zero attached hydrogens (tertiary/aromatic N) is 2. The highest BCUT2D eigenvalue weighted by Gasteiger charge is 2.24. The third-order valence-corrected chi connectivity index (χ3v) is 5.68. The highest BCUT2D eigenvalue weighted by Crippen LogP contribution is 2.36. The monoisotopic (exact) mass is 438 g/mol. The van der Waals surface area contributed by atoms with E-state index >= 15 is 0 Å². The van der Waals surface area contributed by atoms with Crippen molar-refractivity contribution in [3.8, 4) is 17.2 Å². The Morgan fingerprint density at radius 1 is 1.10 bits per heavy atom. The SMILES string of the molecule is CCOc1cccc2sc(N(Cc3ccco3)C(=O)c3cc(OC)cc(OC)c3)nc12. The van der Waals surface area contributed by atoms with Gasteiger partial charge in [0.2, 0.25) is 0 Å². The van der Waals surface area contributed by atoms with Crippen LogP contribution in [0.3, 0.4) is 0 Å². The number of benzene rings is 2. The largest absolute Gasteiger partial charge is 0.497 e. The number of carbonyl (C=O) groups excluding carboxylic acids is 1. The number of aromatic nitrogens is 1. The molecule has 7 nitrogen and oxygen atoms in total. The molecule has 160 valence electrons. The van der Waals surface area contributed by atoms with E-state index in [0.717, 1.165) is 10.2 Å². The number of carbonyl (C=O) groups is 1. The van der Waals surface area contributed by atoms with Gasteiger partial charge in [0, 0.05) is 11.6 Å². The number of rotatable bonds is 8. The summed E-state index contributed by atoms with van der Waals surface area (Å²) in [6, 6.07) is 14.5. The number of thiazole rings is 1. The topological polar surface area (TPSA) is 74.0 Å². The summed E-state index contributed by atoms with van der Waals surface area (Å²) < 4.78 is 22.8. The predicted octanol–water partition coefficient (Wildman–Crippen LogP) is 5.15. The van der Waals surface area contributed by atoms with E-state index in [1.54, 1.807) is 49.6 Å². The Morgan fingerprint density at radius 2 is 1.87 bits per heavy atom. The maximum Gasteiger partial charge on any atom is 0.260 e. The van der Waals surface area contributed by atoms with Crippen LogP contribution >= 0.6 is 11.3 Å². The number of fused-ring (bicyclic) bond motifs is 1. The first-order valence-corrected chi connectivity index (χ1v) is 10.5. The molecule has 0 saturated carbocycles. The molecule has 4 aromatic rings. The Morgan fingerprint density at radius 3 is 2.52 bits per heavy atom. The molecule has 2 aromatic heterocycles. The van der Waals surface area contributed by atoms with Gasteiger partial charge in [0.1, 0.15) is 28.5 Å². The Hall–Kier alpha value is -3.52. The number of anilines is 1. The molecule has 0 radical (unpaired) electrons. The van der Waals surface area contributed by atoms with E-state index in [2.05, 4.69) is 0 Å². The van der Waals surface area contributed by atoms with E-state index in [-0.39, 0.29) is 12.5 Å². The molecule has 8 heteroatoms. The van der Waals surface area contributed by atoms with E-state index < -0.39 is 0 Å². The van der Waals surface area contributed by atoms with Crippen LogP contribution in [-0.4, -0.2) is 31.7 Å². The van der Waals surface area contributed by atoms with Crippen molar-refractivity contribution in [1.29, 1.82) is 0 Å². The van der Waals surface area contributed by atoms with Crippen molar-refractivity contribution >= 4 is 32.6 Å². The van der Waals surface area contributed by atoms with Crippen molar-refractivity contribution in [2.24, 2.45) is 0 Å². The molecule has 31 heavy (non-hydrogen) atoms. The summed E-state index contributed by atoms with van der Waals surface area (Å²) in [7, 11) is 3.10. The quantitative estimate of drug-likeness (QED) is 0.379. The number of ether oxygens (including phenoxy) is 3. The third kappa shape index (κ3) is 4.34. The van der Waals surface area contributed by atoms with Crippen LogP contribution in [0.5, 0.6) is 17.2 Å². The minimum absolute atomic E-state index is 0.231. The lowest BCUT2D eigenvalue weighted by atomic mass is 10.1. The van der Waals surface area contributed by atoms with Crippen molar-refractivity contribution in [3.05, 3.63) is 66.1 Å². The van der Waals surface area contributed by atoms with Gasteiger partial charge in [-0.25, -0.2) is 4.98 Å². The summed E-state index contributed by atoms with van der Waals surface area (Å²) in [5.74, 6) is 2.15. The van der Waals surface area contributed by atoms with Crippen LogP contribution in [0, 0.1) is 0 Å². The van der Waals surface area contributed by atoms with Crippen LogP contribution in [0.15, 0.2) is 59.2 Å². The normalized spacial score (nSPS) is 10.8. The molecule has 0 saturated heterocycles. The minimum atomic E-state index is -0.245. The van der Waals surface area contributed by atoms with Crippen molar-refractivity contribution < 1.29 is 23.4 Å². The van der Waals surface area contributed by atoms with Crippen molar-refractivity contribution in [3.63, 3.8) is 0 Å². The molecule has 0 aliphatic heterocycles. The third-order valence-electron chi connectivity index (χ3n) is 4.64. The van der Waals surface area contributed by atoms with Gasteiger partial charge in [0.05, 0.1) is 38.3 Å². The Bertz CT molecular complexity index is 1160. The molecular weight excluding hydrogens is 416 g/mol. The summed E-state index contributed by atoms with van der Waals surface area (Å²) in [6.07, 6.45) is 1.58. The molecule has 0 spiro atoms. The lowest BCUT2D eigenvalue weighted by Gasteiger charge is -2.19. The smallest absolute Gasteiger partial charge is 0.260 e. The number of para-hydroxylation sites is 1. The molecule has 4 rings (SSSR count). The van der Waals surface area contributed by atoms with Crippen molar-refractivity contribution in [2.75, 3.05) is 25.7 Å². The molecule has 2 aromatic carbocycles. The van der Waals surface area contributed by atoms with Gasteiger partial charge in [-0.3, -0.25) is 9.69 Å². The fourth-order valence-electron chi connectivity index (χ4n) is 3.17. The maximum absolute atomic E-state index is 13.6. The second-order valence-electron chi connectivity index (χ2n) is 6.60. The van der Waals surface area contributed by atoms with Crippen LogP contribution in [0.25, 0.3) is 10.2 Å². The zero-order valence-corrected chi connectivity index (χ0v) is 18.3. The first-order chi connectivity index (χ1) is 15.1. The number of amides is 1. The zero-order valence-electron chi connectivity index (χ0n) is 17.5. The number of furan rings is 1. The molecule has 0 atom stereocenters. The first kappa shape index (κ1) is 20.7. The molecule has 0 bridgehead atoms. The summed E-state index contributed by atoms with van der Waals surface area (Å²) in [6.45, 7) is 2.69. The highest BCUT2D eigenvalue weighted by molar-refractivity contribution is 7.22. The molecule has 0 N–H and O–H groups in total. The van der Waals surface area contributed by atoms with Crippen LogP contribution in [0.2, 0.25) is 0 Å². The molecule has 0 fully saturated rings. The van der Waals surface area contributed by atoms with Gasteiger partial charge in [-0.05, 0) is 43.3 Å². The Balaban J connectivity index is 1.79. The highest BCUT2D eigenvalue weighted by atomic mass is 32.1. The molecule has 1 amide bonds. The van der Waals surface area contributed by atoms with Gasteiger partial charge in [-0.2, -0.15) is 0 Å². The summed E-state index contributed by atoms with van der Waals surface area (Å²) in [5.41, 5.74) is 1.15. The first-order valence-electron chi connectivity index (χ1n) is 9.72. The van der Waals surface area contributed by atoms with E-state index in [4.69, 9.17) is 23.6 Å². The van der Waals surface area contributed by atoms with Gasteiger partial charge in [0.15, 0.2) is 5.13 Å². The van der Waals surface area contributed by atoms with Gasteiger partial charge in [-0.1, -0.05) is 17.4 Å². The number of methoxy groups -OCH3 is 2. The average molecular weight is 439 g/mol. The Kier molecular flexibility index (Phi) is 6.08. The second-order valence-corrected chi connectivity index (χ2v) is 7.61. The van der Waals surface area contributed by atoms with Gasteiger partial charge in [0.25, 0.3) is 5.91 Å². The Labute approximate surface area is 183 Å². The van der Waals surface area contributed by atoms with Crippen LogP contribution in [-0.2, 0) is 6.54 Å². The van der Waals surface area contributed by atoms with Crippen molar-refractivity contribution in [1.82, 2.24) is 4.98 Å². The fourth-order valence-corrected chi connectivity index (χ4v) is 4.15. The van der Waals surface area contributed by atoms with Crippen LogP contribution in [0.4, 0.5) is 5.13 Å². The van der Waals surface area contributed by atoms with Crippen LogP contribution in [0.1, 0.15) is 23.0 Å². The lowest BCUT2D eigenvalue weighted by molar-refractivity contribution is 0.0982. The van der Waals surface area contributed by atoms with E-state index in [9.17, 15) is 4.79 Å². The predicted molar refractivity (Wildman–Crippen MR) is 120 cm³/mol. The lowest BCUT2D eigenvalue weighted by Crippen LogP contribution is -2.30. The average Bonchev–Trinajstić information content (AvgIpc) is 3.47. The number of hydrogen-bond acceptors (Lipinski definition) is 7. The van der Waals surface area contributed by atoms with Gasteiger partial charge >= 0.3 is 0 Å². The maximum atomic E-state index is 13.6. The second kappa shape index (κ2) is 9.09. The van der Waals surface area contributed by atoms with E-state index in [1.165, 1.54) is 11.3 Å². The van der Waals surface area contributed by atoms with Crippen molar-refractivity contribution in [2.45, 2.75) is 13.5 Å². The molecule has 0 aliphatic carbocycles. The summed E-state index contributed by atoms with van der Waals surface area (Å²) in [4.78, 5) is 19.9. The standard InChI is InChI=1S/C23H22N2O5S/c1-4-29-19-8-5-9-20-21(19)24-23(31-20)25(14-16-7-6-10-30-16)22(26)15-11-17(27-2)13-18(12-15)28-3/h5-13H,4,14H2,1-3H3. The number of hydrogen-bond donors (Lipinski definition) is 0. The summed E-state index contributed by atoms with van der Waals surface area (Å²) >= 11 is 1.42. The molecule has 2 heterocycles. The minimum Gasteiger partial charge on any atom is -0.497 e. The molecule has 0 aliphatic rings. The van der Waals surface area contributed by atoms with Gasteiger partial charge in [-0.15, -0.1) is 0 Å². The van der Waals surface area contributed by atoms with E-state index in [0.29, 0.717) is 40.3 Å². The van der Waals surface area contributed by atoms with E-state index in [1.807, 2.05) is 31.2 Å². The zero-order chi connectivity index (χ0) is 21.8. The molecular formula is C23H22N2O5S. The molecule has 0 unspecified atom stereocenters. The van der Waals surface area contributed by atoms with Gasteiger partial charge < -0.3 is 18.6 Å². The summed E-state index contributed by atoms with van der Waals surface area (Å²) in [5, 5.41) is 0.547. The fraction of sp³-hybridized carbons (Fsp3) is 0.217. The van der Waals surface area contributed by atoms with Crippen LogP contribution < -0.4 is 19.1 Å².